The number of carbonyl (C=O) groups excluding carboxylic acids is 3. The van der Waals surface area contributed by atoms with Gasteiger partial charge in [0.1, 0.15) is 5.75 Å². The topological polar surface area (TPSA) is 86.7 Å². The molecule has 28 heavy (non-hydrogen) atoms. The highest BCUT2D eigenvalue weighted by Gasteiger charge is 2.61. The number of aromatic hydroxyl groups is 1. The van der Waals surface area contributed by atoms with E-state index in [2.05, 4.69) is 5.32 Å². The summed E-state index contributed by atoms with van der Waals surface area (Å²) in [6, 6.07) is 12.9. The van der Waals surface area contributed by atoms with Gasteiger partial charge >= 0.3 is 0 Å². The number of carbonyl (C=O) groups is 3. The van der Waals surface area contributed by atoms with Gasteiger partial charge in [0, 0.05) is 5.56 Å². The monoisotopic (exact) mass is 376 g/mol. The fraction of sp³-hybridized carbons (Fsp3) is 0.318. The first-order valence-electron chi connectivity index (χ1n) is 9.62. The highest BCUT2D eigenvalue weighted by Crippen LogP contribution is 2.56. The van der Waals surface area contributed by atoms with Gasteiger partial charge in [-0.2, -0.15) is 0 Å². The second-order valence-corrected chi connectivity index (χ2v) is 7.91. The molecule has 2 bridgehead atoms. The lowest BCUT2D eigenvalue weighted by Crippen LogP contribution is -2.32. The molecule has 2 saturated carbocycles. The van der Waals surface area contributed by atoms with Gasteiger partial charge in [-0.15, -0.1) is 0 Å². The number of imide groups is 1. The van der Waals surface area contributed by atoms with Crippen LogP contribution < -0.4 is 10.2 Å². The second kappa shape index (κ2) is 6.19. The maximum Gasteiger partial charge on any atom is 0.255 e. The molecule has 3 fully saturated rings. The van der Waals surface area contributed by atoms with E-state index in [4.69, 9.17) is 0 Å². The minimum atomic E-state index is -0.373. The van der Waals surface area contributed by atoms with Gasteiger partial charge in [-0.1, -0.05) is 12.1 Å². The number of para-hydroxylation sites is 2. The van der Waals surface area contributed by atoms with Crippen molar-refractivity contribution in [3.05, 3.63) is 54.1 Å². The smallest absolute Gasteiger partial charge is 0.255 e. The molecule has 3 aliphatic rings. The summed E-state index contributed by atoms with van der Waals surface area (Å²) in [6.45, 7) is 0. The van der Waals surface area contributed by atoms with Crippen LogP contribution in [0.3, 0.4) is 0 Å². The molecule has 2 aromatic rings. The third kappa shape index (κ3) is 2.44. The van der Waals surface area contributed by atoms with Crippen LogP contribution in [0.4, 0.5) is 11.4 Å². The lowest BCUT2D eigenvalue weighted by Gasteiger charge is -2.19. The third-order valence-corrected chi connectivity index (χ3v) is 6.47. The minimum absolute atomic E-state index is 0.0121. The summed E-state index contributed by atoms with van der Waals surface area (Å²) in [4.78, 5) is 39.5. The Bertz CT molecular complexity index is 956. The Morgan fingerprint density at radius 2 is 1.54 bits per heavy atom. The van der Waals surface area contributed by atoms with E-state index in [1.165, 1.54) is 11.0 Å². The summed E-state index contributed by atoms with van der Waals surface area (Å²) in [5.74, 6) is -0.183. The Balaban J connectivity index is 1.36. The van der Waals surface area contributed by atoms with Gasteiger partial charge in [0.05, 0.1) is 23.2 Å². The fourth-order valence-electron chi connectivity index (χ4n) is 5.20. The molecule has 2 N–H and O–H groups in total. The quantitative estimate of drug-likeness (QED) is 0.636. The molecule has 4 atom stereocenters. The number of benzene rings is 2. The SMILES string of the molecule is O=C(Nc1ccccc1O)c1ccc(N2C(=O)[C@@H]3[C@@H]4CC[C@@H](C4)[C@@H]3C2=O)cc1. The van der Waals surface area contributed by atoms with Crippen LogP contribution in [0.1, 0.15) is 29.6 Å². The fourth-order valence-corrected chi connectivity index (χ4v) is 5.20. The summed E-state index contributed by atoms with van der Waals surface area (Å²) in [7, 11) is 0. The van der Waals surface area contributed by atoms with Crippen molar-refractivity contribution in [3.63, 3.8) is 0 Å². The van der Waals surface area contributed by atoms with Crippen LogP contribution in [0.15, 0.2) is 48.5 Å². The minimum Gasteiger partial charge on any atom is -0.506 e. The Hall–Kier alpha value is -3.15. The van der Waals surface area contributed by atoms with E-state index in [0.29, 0.717) is 28.8 Å². The number of amides is 3. The van der Waals surface area contributed by atoms with Crippen LogP contribution in [0.5, 0.6) is 5.75 Å². The van der Waals surface area contributed by atoms with Gasteiger partial charge in [-0.3, -0.25) is 19.3 Å². The van der Waals surface area contributed by atoms with Crippen LogP contribution in [-0.4, -0.2) is 22.8 Å². The van der Waals surface area contributed by atoms with Crippen molar-refractivity contribution in [3.8, 4) is 5.75 Å². The Labute approximate surface area is 162 Å². The van der Waals surface area contributed by atoms with Crippen molar-refractivity contribution in [1.29, 1.82) is 0 Å². The zero-order valence-electron chi connectivity index (χ0n) is 15.2. The van der Waals surface area contributed by atoms with Crippen LogP contribution >= 0.6 is 0 Å². The van der Waals surface area contributed by atoms with Crippen LogP contribution in [-0.2, 0) is 9.59 Å². The summed E-state index contributed by atoms with van der Waals surface area (Å²) in [5.41, 5.74) is 1.22. The number of phenols is 1. The van der Waals surface area contributed by atoms with Gasteiger partial charge in [0.2, 0.25) is 11.8 Å². The Morgan fingerprint density at radius 1 is 0.929 bits per heavy atom. The molecular formula is C22H20N2O4. The summed E-state index contributed by atoms with van der Waals surface area (Å²) in [5, 5.41) is 12.4. The number of hydrogen-bond donors (Lipinski definition) is 2. The van der Waals surface area contributed by atoms with E-state index in [1.807, 2.05) is 0 Å². The number of anilines is 2. The first-order chi connectivity index (χ1) is 13.5. The normalized spacial score (nSPS) is 27.9. The van der Waals surface area contributed by atoms with Gasteiger partial charge in [-0.25, -0.2) is 0 Å². The number of hydrogen-bond acceptors (Lipinski definition) is 4. The van der Waals surface area contributed by atoms with Crippen molar-refractivity contribution in [1.82, 2.24) is 0 Å². The van der Waals surface area contributed by atoms with Crippen molar-refractivity contribution >= 4 is 29.1 Å². The standard InChI is InChI=1S/C22H20N2O4/c25-17-4-2-1-3-16(17)23-20(26)12-7-9-15(10-8-12)24-21(27)18-13-5-6-14(11-13)19(18)22(24)28/h1-4,7-10,13-14,18-19,25H,5-6,11H2,(H,23,26)/t13-,14+,18-,19+. The van der Waals surface area contributed by atoms with Crippen LogP contribution in [0.25, 0.3) is 0 Å². The van der Waals surface area contributed by atoms with Crippen LogP contribution in [0.2, 0.25) is 0 Å². The van der Waals surface area contributed by atoms with Gasteiger partial charge < -0.3 is 10.4 Å². The Kier molecular flexibility index (Phi) is 3.75. The van der Waals surface area contributed by atoms with E-state index >= 15 is 0 Å². The molecule has 5 rings (SSSR count). The first kappa shape index (κ1) is 17.0. The largest absolute Gasteiger partial charge is 0.506 e. The molecule has 1 aliphatic heterocycles. The number of fused-ring (bicyclic) bond motifs is 5. The predicted octanol–water partition coefficient (Wildman–Crippen LogP) is 3.18. The zero-order chi connectivity index (χ0) is 19.4. The van der Waals surface area contributed by atoms with Crippen molar-refractivity contribution in [2.45, 2.75) is 19.3 Å². The second-order valence-electron chi connectivity index (χ2n) is 7.91. The molecule has 3 amide bonds. The summed E-state index contributed by atoms with van der Waals surface area (Å²) >= 11 is 0. The van der Waals surface area contributed by atoms with Crippen LogP contribution in [0, 0.1) is 23.7 Å². The van der Waals surface area contributed by atoms with Gasteiger partial charge in [0.25, 0.3) is 5.91 Å². The maximum absolute atomic E-state index is 12.9. The number of nitrogens with one attached hydrogen (secondary N) is 1. The lowest BCUT2D eigenvalue weighted by atomic mass is 9.81. The number of nitrogens with zero attached hydrogens (tertiary/aromatic N) is 1. The number of phenolic OH excluding ortho intramolecular Hbond substituents is 1. The third-order valence-electron chi connectivity index (χ3n) is 6.47. The van der Waals surface area contributed by atoms with Crippen molar-refractivity contribution in [2.24, 2.45) is 23.7 Å². The lowest BCUT2D eigenvalue weighted by molar-refractivity contribution is -0.123. The van der Waals surface area contributed by atoms with E-state index in [0.717, 1.165) is 19.3 Å². The molecule has 2 aromatic carbocycles. The van der Waals surface area contributed by atoms with E-state index in [1.54, 1.807) is 42.5 Å². The predicted molar refractivity (Wildman–Crippen MR) is 103 cm³/mol. The molecule has 1 saturated heterocycles. The first-order valence-corrected chi connectivity index (χ1v) is 9.62. The van der Waals surface area contributed by atoms with Crippen molar-refractivity contribution in [2.75, 3.05) is 10.2 Å². The molecule has 6 heteroatoms. The highest BCUT2D eigenvalue weighted by atomic mass is 16.3. The van der Waals surface area contributed by atoms with E-state index < -0.39 is 0 Å². The van der Waals surface area contributed by atoms with Gasteiger partial charge in [0.15, 0.2) is 0 Å². The molecule has 1 heterocycles. The van der Waals surface area contributed by atoms with Crippen molar-refractivity contribution < 1.29 is 19.5 Å². The van der Waals surface area contributed by atoms with E-state index in [-0.39, 0.29) is 35.3 Å². The molecule has 142 valence electrons. The summed E-state index contributed by atoms with van der Waals surface area (Å²) in [6.07, 6.45) is 3.10. The average molecular weight is 376 g/mol. The molecule has 0 unspecified atom stereocenters. The highest BCUT2D eigenvalue weighted by molar-refractivity contribution is 6.22. The average Bonchev–Trinajstić information content (AvgIpc) is 3.38. The molecule has 0 aromatic heterocycles. The molecule has 0 spiro atoms. The molecule has 6 nitrogen and oxygen atoms in total. The van der Waals surface area contributed by atoms with Gasteiger partial charge in [-0.05, 0) is 67.5 Å². The molecular weight excluding hydrogens is 356 g/mol. The zero-order valence-corrected chi connectivity index (χ0v) is 15.2. The molecule has 2 aliphatic carbocycles. The maximum atomic E-state index is 12.9. The van der Waals surface area contributed by atoms with E-state index in [9.17, 15) is 19.5 Å². The molecule has 0 radical (unpaired) electrons. The Morgan fingerprint density at radius 3 is 2.14 bits per heavy atom. The summed E-state index contributed by atoms with van der Waals surface area (Å²) < 4.78 is 0. The number of rotatable bonds is 3.